The maximum absolute atomic E-state index is 2.59. The minimum absolute atomic E-state index is 0.576. The van der Waals surface area contributed by atoms with Gasteiger partial charge >= 0.3 is 0 Å². The van der Waals surface area contributed by atoms with Gasteiger partial charge in [0.2, 0.25) is 0 Å². The standard InChI is InChI=1S/C28H43N/c1-4-7-9-10-11-13-17-25-21-23-28(24-22-25)29(27-19-14-12-15-20-27)26(16-6-3)18-8-5-2/h12,14-15,19-24,26H,4-11,13,16-18H2,1-3H3. The molecule has 160 valence electrons. The molecule has 0 amide bonds. The van der Waals surface area contributed by atoms with Crippen molar-refractivity contribution < 1.29 is 0 Å². The Balaban J connectivity index is 2.08. The molecule has 0 heterocycles. The van der Waals surface area contributed by atoms with Crippen LogP contribution < -0.4 is 4.90 Å². The van der Waals surface area contributed by atoms with Crippen LogP contribution in [-0.2, 0) is 6.42 Å². The lowest BCUT2D eigenvalue weighted by molar-refractivity contribution is 0.525. The summed E-state index contributed by atoms with van der Waals surface area (Å²) in [5, 5.41) is 0. The minimum Gasteiger partial charge on any atom is -0.338 e. The van der Waals surface area contributed by atoms with Gasteiger partial charge in [0, 0.05) is 17.4 Å². The van der Waals surface area contributed by atoms with Crippen molar-refractivity contribution in [3.05, 3.63) is 60.2 Å². The third-order valence-electron chi connectivity index (χ3n) is 5.95. The van der Waals surface area contributed by atoms with Gasteiger partial charge in [-0.15, -0.1) is 0 Å². The first kappa shape index (κ1) is 23.5. The van der Waals surface area contributed by atoms with E-state index in [4.69, 9.17) is 0 Å². The average Bonchev–Trinajstić information content (AvgIpc) is 2.76. The summed E-state index contributed by atoms with van der Waals surface area (Å²) in [5.41, 5.74) is 4.15. The van der Waals surface area contributed by atoms with Gasteiger partial charge in [-0.25, -0.2) is 0 Å². The van der Waals surface area contributed by atoms with E-state index in [1.807, 2.05) is 0 Å². The van der Waals surface area contributed by atoms with Gasteiger partial charge in [0.25, 0.3) is 0 Å². The van der Waals surface area contributed by atoms with E-state index in [1.54, 1.807) is 0 Å². The number of hydrogen-bond acceptors (Lipinski definition) is 1. The second-order valence-electron chi connectivity index (χ2n) is 8.47. The van der Waals surface area contributed by atoms with Gasteiger partial charge in [-0.2, -0.15) is 0 Å². The summed E-state index contributed by atoms with van der Waals surface area (Å²) in [4.78, 5) is 2.59. The number of unbranched alkanes of at least 4 members (excludes halogenated alkanes) is 6. The Labute approximate surface area is 180 Å². The van der Waals surface area contributed by atoms with Crippen LogP contribution in [0.25, 0.3) is 0 Å². The van der Waals surface area contributed by atoms with Crippen molar-refractivity contribution in [1.29, 1.82) is 0 Å². The van der Waals surface area contributed by atoms with Crippen LogP contribution in [0.15, 0.2) is 54.6 Å². The molecule has 2 aromatic rings. The molecule has 1 heteroatoms. The summed E-state index contributed by atoms with van der Waals surface area (Å²) in [5.74, 6) is 0. The molecular formula is C28H43N. The topological polar surface area (TPSA) is 3.24 Å². The molecule has 2 rings (SSSR count). The lowest BCUT2D eigenvalue weighted by Gasteiger charge is -2.34. The number of anilines is 2. The van der Waals surface area contributed by atoms with Crippen LogP contribution in [0.3, 0.4) is 0 Å². The lowest BCUT2D eigenvalue weighted by Crippen LogP contribution is -2.31. The van der Waals surface area contributed by atoms with E-state index in [9.17, 15) is 0 Å². The summed E-state index contributed by atoms with van der Waals surface area (Å²) in [6.45, 7) is 6.90. The fourth-order valence-corrected chi connectivity index (χ4v) is 4.27. The van der Waals surface area contributed by atoms with Gasteiger partial charge in [-0.05, 0) is 55.5 Å². The van der Waals surface area contributed by atoms with E-state index in [-0.39, 0.29) is 0 Å². The highest BCUT2D eigenvalue weighted by Gasteiger charge is 2.19. The number of hydrogen-bond donors (Lipinski definition) is 0. The summed E-state index contributed by atoms with van der Waals surface area (Å²) >= 11 is 0. The van der Waals surface area contributed by atoms with E-state index in [1.165, 1.54) is 94.0 Å². The summed E-state index contributed by atoms with van der Waals surface area (Å²) in [6, 6.07) is 21.0. The van der Waals surface area contributed by atoms with Gasteiger partial charge in [-0.1, -0.05) is 102 Å². The SMILES string of the molecule is CCCCCCCCc1ccc(N(c2ccccc2)C(CCC)CCCC)cc1. The van der Waals surface area contributed by atoms with Gasteiger partial charge in [0.05, 0.1) is 0 Å². The van der Waals surface area contributed by atoms with E-state index >= 15 is 0 Å². The van der Waals surface area contributed by atoms with E-state index in [2.05, 4.69) is 80.3 Å². The van der Waals surface area contributed by atoms with Crippen LogP contribution in [0.5, 0.6) is 0 Å². The predicted molar refractivity (Wildman–Crippen MR) is 130 cm³/mol. The highest BCUT2D eigenvalue weighted by molar-refractivity contribution is 5.64. The highest BCUT2D eigenvalue weighted by Crippen LogP contribution is 2.32. The zero-order valence-electron chi connectivity index (χ0n) is 19.2. The van der Waals surface area contributed by atoms with Crippen molar-refractivity contribution >= 4 is 11.4 Å². The van der Waals surface area contributed by atoms with E-state index in [0.717, 1.165) is 0 Å². The highest BCUT2D eigenvalue weighted by atomic mass is 15.2. The Hall–Kier alpha value is -1.76. The Morgan fingerprint density at radius 3 is 1.86 bits per heavy atom. The first-order valence-electron chi connectivity index (χ1n) is 12.2. The Morgan fingerprint density at radius 2 is 1.21 bits per heavy atom. The van der Waals surface area contributed by atoms with Crippen molar-refractivity contribution in [2.75, 3.05) is 4.90 Å². The molecule has 0 bridgehead atoms. The number of rotatable bonds is 15. The van der Waals surface area contributed by atoms with Crippen molar-refractivity contribution in [3.63, 3.8) is 0 Å². The first-order valence-corrected chi connectivity index (χ1v) is 12.2. The van der Waals surface area contributed by atoms with Gasteiger partial charge in [-0.3, -0.25) is 0 Å². The molecular weight excluding hydrogens is 350 g/mol. The van der Waals surface area contributed by atoms with E-state index < -0.39 is 0 Å². The Morgan fingerprint density at radius 1 is 0.586 bits per heavy atom. The van der Waals surface area contributed by atoms with Gasteiger partial charge in [0.15, 0.2) is 0 Å². The molecule has 0 radical (unpaired) electrons. The van der Waals surface area contributed by atoms with Gasteiger partial charge in [0.1, 0.15) is 0 Å². The molecule has 0 aromatic heterocycles. The quantitative estimate of drug-likeness (QED) is 0.273. The summed E-state index contributed by atoms with van der Waals surface area (Å²) in [6.07, 6.45) is 15.7. The normalized spacial score (nSPS) is 12.1. The average molecular weight is 394 g/mol. The molecule has 0 aliphatic carbocycles. The number of benzene rings is 2. The monoisotopic (exact) mass is 393 g/mol. The van der Waals surface area contributed by atoms with Crippen LogP contribution in [-0.4, -0.2) is 6.04 Å². The largest absolute Gasteiger partial charge is 0.338 e. The van der Waals surface area contributed by atoms with Crippen LogP contribution in [0.4, 0.5) is 11.4 Å². The molecule has 1 atom stereocenters. The molecule has 0 saturated carbocycles. The van der Waals surface area contributed by atoms with Crippen molar-refractivity contribution in [1.82, 2.24) is 0 Å². The number of aryl methyl sites for hydroxylation is 1. The zero-order chi connectivity index (χ0) is 20.7. The molecule has 29 heavy (non-hydrogen) atoms. The maximum Gasteiger partial charge on any atom is 0.0413 e. The van der Waals surface area contributed by atoms with E-state index in [0.29, 0.717) is 6.04 Å². The second-order valence-corrected chi connectivity index (χ2v) is 8.47. The van der Waals surface area contributed by atoms with Crippen LogP contribution in [0.2, 0.25) is 0 Å². The maximum atomic E-state index is 2.59. The molecule has 2 aromatic carbocycles. The fourth-order valence-electron chi connectivity index (χ4n) is 4.27. The Kier molecular flexibility index (Phi) is 11.6. The van der Waals surface area contributed by atoms with Crippen molar-refractivity contribution in [2.45, 2.75) is 104 Å². The van der Waals surface area contributed by atoms with Crippen LogP contribution in [0, 0.1) is 0 Å². The molecule has 0 fully saturated rings. The third kappa shape index (κ3) is 8.25. The van der Waals surface area contributed by atoms with Crippen molar-refractivity contribution in [2.24, 2.45) is 0 Å². The molecule has 0 N–H and O–H groups in total. The molecule has 0 spiro atoms. The lowest BCUT2D eigenvalue weighted by atomic mass is 10.00. The third-order valence-corrected chi connectivity index (χ3v) is 5.95. The van der Waals surface area contributed by atoms with Crippen LogP contribution >= 0.6 is 0 Å². The number of para-hydroxylation sites is 1. The number of nitrogens with zero attached hydrogens (tertiary/aromatic N) is 1. The van der Waals surface area contributed by atoms with Crippen LogP contribution in [0.1, 0.15) is 97.0 Å². The molecule has 1 unspecified atom stereocenters. The Bertz CT molecular complexity index is 631. The molecule has 0 aliphatic heterocycles. The van der Waals surface area contributed by atoms with Crippen molar-refractivity contribution in [3.8, 4) is 0 Å². The molecule has 0 saturated heterocycles. The second kappa shape index (κ2) is 14.3. The smallest absolute Gasteiger partial charge is 0.0413 e. The molecule has 0 aliphatic rings. The summed E-state index contributed by atoms with van der Waals surface area (Å²) in [7, 11) is 0. The predicted octanol–water partition coefficient (Wildman–Crippen LogP) is 9.09. The molecule has 1 nitrogen and oxygen atoms in total. The first-order chi connectivity index (χ1) is 14.3. The fraction of sp³-hybridized carbons (Fsp3) is 0.571. The summed E-state index contributed by atoms with van der Waals surface area (Å²) < 4.78 is 0. The zero-order valence-corrected chi connectivity index (χ0v) is 19.2. The van der Waals surface area contributed by atoms with Gasteiger partial charge < -0.3 is 4.90 Å². The minimum atomic E-state index is 0.576.